The predicted octanol–water partition coefficient (Wildman–Crippen LogP) is 4.95. The molecule has 7 heteroatoms. The molecule has 0 aromatic heterocycles. The van der Waals surface area contributed by atoms with Crippen LogP contribution in [0.3, 0.4) is 0 Å². The number of rotatable bonds is 8. The van der Waals surface area contributed by atoms with E-state index in [-0.39, 0.29) is 5.91 Å². The van der Waals surface area contributed by atoms with Crippen molar-refractivity contribution < 1.29 is 23.7 Å². The lowest BCUT2D eigenvalue weighted by Crippen LogP contribution is -2.32. The molecule has 0 fully saturated rings. The summed E-state index contributed by atoms with van der Waals surface area (Å²) in [6.07, 6.45) is 1.72. The number of methoxy groups -OCH3 is 3. The van der Waals surface area contributed by atoms with Gasteiger partial charge < -0.3 is 18.9 Å². The van der Waals surface area contributed by atoms with Crippen molar-refractivity contribution in [2.24, 2.45) is 4.99 Å². The molecule has 1 aliphatic rings. The molecule has 0 aliphatic carbocycles. The molecule has 1 amide bonds. The molecule has 4 rings (SSSR count). The van der Waals surface area contributed by atoms with Gasteiger partial charge in [0, 0.05) is 17.2 Å². The minimum absolute atomic E-state index is 0.243. The van der Waals surface area contributed by atoms with Crippen LogP contribution in [0, 0.1) is 0 Å². The van der Waals surface area contributed by atoms with Crippen LogP contribution in [0.25, 0.3) is 6.08 Å². The first-order valence-electron chi connectivity index (χ1n) is 10.8. The number of carbonyl (C=O) groups excluding carboxylic acids is 1. The van der Waals surface area contributed by atoms with Gasteiger partial charge in [0.25, 0.3) is 5.91 Å². The summed E-state index contributed by atoms with van der Waals surface area (Å²) in [6.45, 7) is 2.49. The third kappa shape index (κ3) is 4.59. The first-order valence-corrected chi connectivity index (χ1v) is 10.8. The van der Waals surface area contributed by atoms with E-state index in [1.807, 2.05) is 67.6 Å². The fraction of sp³-hybridized carbons (Fsp3) is 0.185. The molecule has 34 heavy (non-hydrogen) atoms. The Balaban J connectivity index is 1.79. The maximum absolute atomic E-state index is 13.6. The third-order valence-corrected chi connectivity index (χ3v) is 5.35. The van der Waals surface area contributed by atoms with Gasteiger partial charge in [-0.05, 0) is 73.7 Å². The van der Waals surface area contributed by atoms with Crippen LogP contribution >= 0.6 is 0 Å². The van der Waals surface area contributed by atoms with Gasteiger partial charge >= 0.3 is 0 Å². The van der Waals surface area contributed by atoms with Crippen molar-refractivity contribution in [1.29, 1.82) is 0 Å². The molecule has 0 N–H and O–H groups in total. The number of hydrogen-bond donors (Lipinski definition) is 0. The molecular formula is C27H26N2O5. The monoisotopic (exact) mass is 458 g/mol. The zero-order valence-electron chi connectivity index (χ0n) is 19.6. The van der Waals surface area contributed by atoms with E-state index in [1.165, 1.54) is 0 Å². The lowest BCUT2D eigenvalue weighted by atomic mass is 10.1. The Bertz CT molecular complexity index is 1230. The summed E-state index contributed by atoms with van der Waals surface area (Å²) in [5, 5.41) is 0. The summed E-state index contributed by atoms with van der Waals surface area (Å²) in [5.74, 6) is 2.98. The Labute approximate surface area is 198 Å². The van der Waals surface area contributed by atoms with Crippen LogP contribution in [0.2, 0.25) is 0 Å². The average Bonchev–Trinajstić information content (AvgIpc) is 3.20. The topological polar surface area (TPSA) is 69.6 Å². The van der Waals surface area contributed by atoms with E-state index < -0.39 is 0 Å². The second-order valence-electron chi connectivity index (χ2n) is 7.37. The number of benzene rings is 3. The van der Waals surface area contributed by atoms with Crippen LogP contribution in [-0.2, 0) is 4.79 Å². The summed E-state index contributed by atoms with van der Waals surface area (Å²) in [7, 11) is 4.78. The van der Waals surface area contributed by atoms with Gasteiger partial charge in [0.15, 0.2) is 0 Å². The first kappa shape index (κ1) is 22.9. The van der Waals surface area contributed by atoms with Gasteiger partial charge in [-0.2, -0.15) is 0 Å². The Kier molecular flexibility index (Phi) is 6.82. The maximum atomic E-state index is 13.6. The van der Waals surface area contributed by atoms with Crippen molar-refractivity contribution in [3.8, 4) is 23.0 Å². The van der Waals surface area contributed by atoms with E-state index in [2.05, 4.69) is 0 Å². The second-order valence-corrected chi connectivity index (χ2v) is 7.37. The lowest BCUT2D eigenvalue weighted by molar-refractivity contribution is -0.113. The van der Waals surface area contributed by atoms with Crippen LogP contribution in [-0.4, -0.2) is 39.7 Å². The number of ether oxygens (including phenoxy) is 4. The molecule has 1 aliphatic heterocycles. The number of amides is 1. The smallest absolute Gasteiger partial charge is 0.282 e. The van der Waals surface area contributed by atoms with Crippen molar-refractivity contribution >= 4 is 23.5 Å². The van der Waals surface area contributed by atoms with E-state index in [4.69, 9.17) is 23.9 Å². The summed E-state index contributed by atoms with van der Waals surface area (Å²) in [5.41, 5.74) is 2.49. The van der Waals surface area contributed by atoms with E-state index in [0.717, 1.165) is 22.6 Å². The minimum Gasteiger partial charge on any atom is -0.497 e. The first-order chi connectivity index (χ1) is 16.6. The van der Waals surface area contributed by atoms with Crippen molar-refractivity contribution in [1.82, 2.24) is 0 Å². The van der Waals surface area contributed by atoms with Crippen molar-refractivity contribution in [3.05, 3.63) is 83.6 Å². The predicted molar refractivity (Wildman–Crippen MR) is 132 cm³/mol. The molecule has 0 bridgehead atoms. The number of amidine groups is 1. The fourth-order valence-corrected chi connectivity index (χ4v) is 3.63. The standard InChI is InChI=1S/C27H26N2O5/c1-5-34-22-14-9-20(10-15-22)29-26(18-6-11-21(31-2)12-7-18)28-24(27(29)30)16-19-8-13-23(32-3)17-25(19)33-4/h6-17H,5H2,1-4H3/b24-16+. The zero-order valence-corrected chi connectivity index (χ0v) is 19.6. The van der Waals surface area contributed by atoms with Crippen LogP contribution in [0.4, 0.5) is 5.69 Å². The van der Waals surface area contributed by atoms with Gasteiger partial charge in [-0.3, -0.25) is 9.69 Å². The minimum atomic E-state index is -0.243. The Morgan fingerprint density at radius 1 is 0.824 bits per heavy atom. The number of aliphatic imine (C=N–C) groups is 1. The number of carbonyl (C=O) groups is 1. The van der Waals surface area contributed by atoms with E-state index in [9.17, 15) is 4.79 Å². The van der Waals surface area contributed by atoms with Gasteiger partial charge in [0.05, 0.1) is 33.6 Å². The fourth-order valence-electron chi connectivity index (χ4n) is 3.63. The zero-order chi connectivity index (χ0) is 24.1. The van der Waals surface area contributed by atoms with Crippen molar-refractivity contribution in [2.45, 2.75) is 6.92 Å². The normalized spacial score (nSPS) is 14.2. The van der Waals surface area contributed by atoms with Gasteiger partial charge in [-0.25, -0.2) is 4.99 Å². The third-order valence-electron chi connectivity index (χ3n) is 5.35. The molecule has 174 valence electrons. The lowest BCUT2D eigenvalue weighted by Gasteiger charge is -2.19. The highest BCUT2D eigenvalue weighted by molar-refractivity contribution is 6.33. The van der Waals surface area contributed by atoms with Crippen molar-refractivity contribution in [3.63, 3.8) is 0 Å². The van der Waals surface area contributed by atoms with Gasteiger partial charge in [0.1, 0.15) is 34.5 Å². The van der Waals surface area contributed by atoms with Gasteiger partial charge in [-0.1, -0.05) is 0 Å². The number of anilines is 1. The Morgan fingerprint density at radius 3 is 2.09 bits per heavy atom. The molecular weight excluding hydrogens is 432 g/mol. The van der Waals surface area contributed by atoms with Crippen LogP contribution in [0.15, 0.2) is 77.4 Å². The summed E-state index contributed by atoms with van der Waals surface area (Å²) in [6, 6.07) is 20.2. The molecule has 0 saturated carbocycles. The molecule has 0 unspecified atom stereocenters. The van der Waals surface area contributed by atoms with Crippen molar-refractivity contribution in [2.75, 3.05) is 32.8 Å². The molecule has 7 nitrogen and oxygen atoms in total. The highest BCUT2D eigenvalue weighted by Gasteiger charge is 2.32. The Hall–Kier alpha value is -4.26. The highest BCUT2D eigenvalue weighted by atomic mass is 16.5. The quantitative estimate of drug-likeness (QED) is 0.447. The molecule has 0 atom stereocenters. The van der Waals surface area contributed by atoms with Crippen LogP contribution < -0.4 is 23.8 Å². The summed E-state index contributed by atoms with van der Waals surface area (Å²) in [4.78, 5) is 19.9. The highest BCUT2D eigenvalue weighted by Crippen LogP contribution is 2.32. The Morgan fingerprint density at radius 2 is 1.47 bits per heavy atom. The molecule has 3 aromatic rings. The summed E-state index contributed by atoms with van der Waals surface area (Å²) < 4.78 is 21.6. The van der Waals surface area contributed by atoms with Crippen LogP contribution in [0.5, 0.6) is 23.0 Å². The molecule has 0 radical (unpaired) electrons. The summed E-state index contributed by atoms with van der Waals surface area (Å²) >= 11 is 0. The second kappa shape index (κ2) is 10.1. The van der Waals surface area contributed by atoms with Gasteiger partial charge in [-0.15, -0.1) is 0 Å². The maximum Gasteiger partial charge on any atom is 0.282 e. The molecule has 0 saturated heterocycles. The number of hydrogen-bond acceptors (Lipinski definition) is 6. The molecule has 0 spiro atoms. The van der Waals surface area contributed by atoms with E-state index in [1.54, 1.807) is 38.4 Å². The molecule has 1 heterocycles. The van der Waals surface area contributed by atoms with E-state index in [0.29, 0.717) is 35.3 Å². The van der Waals surface area contributed by atoms with E-state index >= 15 is 0 Å². The number of nitrogens with zero attached hydrogens (tertiary/aromatic N) is 2. The van der Waals surface area contributed by atoms with Gasteiger partial charge in [0.2, 0.25) is 0 Å². The van der Waals surface area contributed by atoms with Crippen LogP contribution in [0.1, 0.15) is 18.1 Å². The molecule has 3 aromatic carbocycles. The largest absolute Gasteiger partial charge is 0.497 e. The average molecular weight is 459 g/mol. The SMILES string of the molecule is CCOc1ccc(N2C(=O)/C(=C\c3ccc(OC)cc3OC)N=C2c2ccc(OC)cc2)cc1.